The van der Waals surface area contributed by atoms with E-state index in [1.807, 2.05) is 25.4 Å². The van der Waals surface area contributed by atoms with Gasteiger partial charge in [0.25, 0.3) is 0 Å². The van der Waals surface area contributed by atoms with Crippen LogP contribution in [0, 0.1) is 5.82 Å². The lowest BCUT2D eigenvalue weighted by Crippen LogP contribution is -2.19. The standard InChI is InChI=1S/C32H51FN2O2/c1-4-6-8-10-11-12-13-14-15-17-19-28-24-34-32(35-25-28)29-20-21-31(30(33)23-29)37-26-27(3)36-22-18-16-9-7-5-2/h20-21,23-25,27H,4-19,22,26H2,1-3H3. The first-order valence-corrected chi connectivity index (χ1v) is 15.0. The van der Waals surface area contributed by atoms with Crippen LogP contribution in [-0.2, 0) is 11.2 Å². The van der Waals surface area contributed by atoms with Crippen molar-refractivity contribution < 1.29 is 13.9 Å². The van der Waals surface area contributed by atoms with Crippen LogP contribution in [0.4, 0.5) is 4.39 Å². The third-order valence-corrected chi connectivity index (χ3v) is 6.84. The van der Waals surface area contributed by atoms with Crippen LogP contribution in [0.3, 0.4) is 0 Å². The molecule has 1 heterocycles. The van der Waals surface area contributed by atoms with Crippen molar-refractivity contribution in [1.82, 2.24) is 9.97 Å². The van der Waals surface area contributed by atoms with E-state index in [1.54, 1.807) is 6.07 Å². The number of ether oxygens (including phenoxy) is 2. The summed E-state index contributed by atoms with van der Waals surface area (Å²) in [5, 5.41) is 0. The zero-order valence-corrected chi connectivity index (χ0v) is 23.8. The Bertz CT molecular complexity index is 828. The number of aryl methyl sites for hydroxylation is 1. The van der Waals surface area contributed by atoms with E-state index < -0.39 is 5.82 Å². The van der Waals surface area contributed by atoms with Crippen molar-refractivity contribution in [3.63, 3.8) is 0 Å². The van der Waals surface area contributed by atoms with E-state index in [4.69, 9.17) is 9.47 Å². The second kappa shape index (κ2) is 20.0. The molecule has 1 aromatic carbocycles. The van der Waals surface area contributed by atoms with Gasteiger partial charge < -0.3 is 9.47 Å². The first kappa shape index (κ1) is 31.2. The third-order valence-electron chi connectivity index (χ3n) is 6.84. The molecule has 5 heteroatoms. The molecule has 0 radical (unpaired) electrons. The van der Waals surface area contributed by atoms with E-state index in [9.17, 15) is 4.39 Å². The van der Waals surface area contributed by atoms with Crippen molar-refractivity contribution in [2.45, 2.75) is 130 Å². The maximum atomic E-state index is 14.6. The lowest BCUT2D eigenvalue weighted by atomic mass is 10.0. The molecular formula is C32H51FN2O2. The third kappa shape index (κ3) is 13.9. The van der Waals surface area contributed by atoms with Crippen molar-refractivity contribution >= 4 is 0 Å². The predicted molar refractivity (Wildman–Crippen MR) is 153 cm³/mol. The van der Waals surface area contributed by atoms with Gasteiger partial charge in [-0.15, -0.1) is 0 Å². The summed E-state index contributed by atoms with van der Waals surface area (Å²) in [6, 6.07) is 4.92. The van der Waals surface area contributed by atoms with Gasteiger partial charge in [0.2, 0.25) is 0 Å². The molecule has 0 fully saturated rings. The van der Waals surface area contributed by atoms with Crippen molar-refractivity contribution in [2.24, 2.45) is 0 Å². The number of hydrogen-bond acceptors (Lipinski definition) is 4. The second-order valence-electron chi connectivity index (χ2n) is 10.4. The summed E-state index contributed by atoms with van der Waals surface area (Å²) >= 11 is 0. The molecule has 0 saturated heterocycles. The van der Waals surface area contributed by atoms with Gasteiger partial charge in [-0.25, -0.2) is 14.4 Å². The molecule has 0 aliphatic rings. The summed E-state index contributed by atoms with van der Waals surface area (Å²) in [5.74, 6) is 0.374. The van der Waals surface area contributed by atoms with E-state index in [-0.39, 0.29) is 11.9 Å². The number of halogens is 1. The van der Waals surface area contributed by atoms with Crippen molar-refractivity contribution in [1.29, 1.82) is 0 Å². The minimum atomic E-state index is -0.401. The van der Waals surface area contributed by atoms with Crippen LogP contribution >= 0.6 is 0 Å². The molecule has 0 aliphatic heterocycles. The Morgan fingerprint density at radius 3 is 1.92 bits per heavy atom. The fraction of sp³-hybridized carbons (Fsp3) is 0.688. The largest absolute Gasteiger partial charge is 0.488 e. The number of rotatable bonds is 22. The number of aromatic nitrogens is 2. The molecule has 37 heavy (non-hydrogen) atoms. The molecular weight excluding hydrogens is 463 g/mol. The van der Waals surface area contributed by atoms with E-state index in [0.717, 1.165) is 25.0 Å². The van der Waals surface area contributed by atoms with Gasteiger partial charge in [-0.05, 0) is 49.9 Å². The SMILES string of the molecule is CCCCCCCCCCCCc1cnc(-c2ccc(OCC(C)OCCCCCCC)c(F)c2)nc1. The molecule has 2 rings (SSSR count). The zero-order chi connectivity index (χ0) is 26.6. The minimum Gasteiger partial charge on any atom is -0.488 e. The highest BCUT2D eigenvalue weighted by Crippen LogP contribution is 2.24. The molecule has 1 unspecified atom stereocenters. The van der Waals surface area contributed by atoms with E-state index in [1.165, 1.54) is 96.0 Å². The van der Waals surface area contributed by atoms with Crippen molar-refractivity contribution in [3.05, 3.63) is 42.0 Å². The van der Waals surface area contributed by atoms with Crippen LogP contribution in [0.2, 0.25) is 0 Å². The monoisotopic (exact) mass is 514 g/mol. The summed E-state index contributed by atoms with van der Waals surface area (Å²) in [6.45, 7) is 7.49. The van der Waals surface area contributed by atoms with E-state index in [0.29, 0.717) is 18.0 Å². The van der Waals surface area contributed by atoms with Crippen LogP contribution in [0.1, 0.15) is 123 Å². The van der Waals surface area contributed by atoms with Gasteiger partial charge in [0.15, 0.2) is 17.4 Å². The Morgan fingerprint density at radius 2 is 1.32 bits per heavy atom. The van der Waals surface area contributed by atoms with Gasteiger partial charge >= 0.3 is 0 Å². The zero-order valence-electron chi connectivity index (χ0n) is 23.8. The number of hydrogen-bond donors (Lipinski definition) is 0. The average molecular weight is 515 g/mol. The lowest BCUT2D eigenvalue weighted by Gasteiger charge is -2.15. The van der Waals surface area contributed by atoms with Gasteiger partial charge in [0, 0.05) is 24.6 Å². The van der Waals surface area contributed by atoms with Crippen LogP contribution in [0.15, 0.2) is 30.6 Å². The molecule has 2 aromatic rings. The van der Waals surface area contributed by atoms with Gasteiger partial charge in [-0.1, -0.05) is 97.3 Å². The molecule has 208 valence electrons. The Kier molecular flexibility index (Phi) is 16.9. The first-order chi connectivity index (χ1) is 18.1. The highest BCUT2D eigenvalue weighted by molar-refractivity contribution is 5.56. The molecule has 4 nitrogen and oxygen atoms in total. The molecule has 0 amide bonds. The first-order valence-electron chi connectivity index (χ1n) is 15.0. The average Bonchev–Trinajstić information content (AvgIpc) is 2.91. The van der Waals surface area contributed by atoms with Crippen LogP contribution in [0.25, 0.3) is 11.4 Å². The van der Waals surface area contributed by atoms with Gasteiger partial charge in [0.1, 0.15) is 6.61 Å². The number of benzene rings is 1. The highest BCUT2D eigenvalue weighted by Gasteiger charge is 2.11. The van der Waals surface area contributed by atoms with Crippen molar-refractivity contribution in [2.75, 3.05) is 13.2 Å². The van der Waals surface area contributed by atoms with Crippen LogP contribution in [-0.4, -0.2) is 29.3 Å². The van der Waals surface area contributed by atoms with E-state index in [2.05, 4.69) is 23.8 Å². The molecule has 1 atom stereocenters. The molecule has 0 saturated carbocycles. The highest BCUT2D eigenvalue weighted by atomic mass is 19.1. The normalized spacial score (nSPS) is 12.1. The number of nitrogens with zero attached hydrogens (tertiary/aromatic N) is 2. The smallest absolute Gasteiger partial charge is 0.165 e. The van der Waals surface area contributed by atoms with Gasteiger partial charge in [0.05, 0.1) is 6.10 Å². The number of unbranched alkanes of at least 4 members (excludes halogenated alkanes) is 13. The summed E-state index contributed by atoms with van der Waals surface area (Å²) in [5.41, 5.74) is 1.80. The summed E-state index contributed by atoms with van der Waals surface area (Å²) in [6.07, 6.45) is 24.0. The Labute approximate surface area is 225 Å². The molecule has 0 aliphatic carbocycles. The predicted octanol–water partition coefficient (Wildman–Crippen LogP) is 9.50. The maximum Gasteiger partial charge on any atom is 0.165 e. The van der Waals surface area contributed by atoms with Gasteiger partial charge in [-0.2, -0.15) is 0 Å². The van der Waals surface area contributed by atoms with Gasteiger partial charge in [-0.3, -0.25) is 0 Å². The summed E-state index contributed by atoms with van der Waals surface area (Å²) in [4.78, 5) is 8.96. The van der Waals surface area contributed by atoms with Crippen LogP contribution in [0.5, 0.6) is 5.75 Å². The quantitative estimate of drug-likeness (QED) is 0.147. The fourth-order valence-corrected chi connectivity index (χ4v) is 4.45. The Balaban J connectivity index is 1.65. The topological polar surface area (TPSA) is 44.2 Å². The molecule has 1 aromatic heterocycles. The van der Waals surface area contributed by atoms with E-state index >= 15 is 0 Å². The molecule has 0 bridgehead atoms. The second-order valence-corrected chi connectivity index (χ2v) is 10.4. The van der Waals surface area contributed by atoms with Crippen molar-refractivity contribution in [3.8, 4) is 17.1 Å². The lowest BCUT2D eigenvalue weighted by molar-refractivity contribution is 0.0293. The Morgan fingerprint density at radius 1 is 0.757 bits per heavy atom. The summed E-state index contributed by atoms with van der Waals surface area (Å²) < 4.78 is 26.1. The Hall–Kier alpha value is -2.01. The van der Waals surface area contributed by atoms with Crippen LogP contribution < -0.4 is 4.74 Å². The molecule has 0 spiro atoms. The fourth-order valence-electron chi connectivity index (χ4n) is 4.45. The maximum absolute atomic E-state index is 14.6. The molecule has 0 N–H and O–H groups in total. The minimum absolute atomic E-state index is 0.0725. The summed E-state index contributed by atoms with van der Waals surface area (Å²) in [7, 11) is 0.